The predicted octanol–water partition coefficient (Wildman–Crippen LogP) is 4.01. The highest BCUT2D eigenvalue weighted by atomic mass is 32.2. The number of hydrogen-bond donors (Lipinski definition) is 1. The van der Waals surface area contributed by atoms with Crippen LogP contribution in [0.5, 0.6) is 0 Å². The molecule has 2 N–H and O–H groups in total. The molecule has 0 aliphatic rings. The van der Waals surface area contributed by atoms with Crippen molar-refractivity contribution in [2.24, 2.45) is 5.73 Å². The highest BCUT2D eigenvalue weighted by molar-refractivity contribution is 7.98. The monoisotopic (exact) mass is 275 g/mol. The average Bonchev–Trinajstić information content (AvgIpc) is 2.40. The molecule has 0 aliphatic carbocycles. The lowest BCUT2D eigenvalue weighted by molar-refractivity contribution is 0.588. The van der Waals surface area contributed by atoms with Crippen molar-refractivity contribution in [2.45, 2.75) is 30.0 Å². The fraction of sp³-hybridized carbons (Fsp3) is 0.250. The zero-order chi connectivity index (χ0) is 13.7. The van der Waals surface area contributed by atoms with E-state index in [1.165, 1.54) is 11.6 Å². The van der Waals surface area contributed by atoms with Crippen LogP contribution in [-0.2, 0) is 12.2 Å². The van der Waals surface area contributed by atoms with E-state index in [2.05, 4.69) is 12.1 Å². The van der Waals surface area contributed by atoms with Gasteiger partial charge in [-0.1, -0.05) is 36.4 Å². The Morgan fingerprint density at radius 3 is 2.53 bits per heavy atom. The van der Waals surface area contributed by atoms with Crippen LogP contribution in [-0.4, -0.2) is 6.04 Å². The van der Waals surface area contributed by atoms with Crippen LogP contribution in [0.2, 0.25) is 0 Å². The van der Waals surface area contributed by atoms with Crippen molar-refractivity contribution >= 4 is 11.8 Å². The van der Waals surface area contributed by atoms with Crippen LogP contribution in [0.4, 0.5) is 4.39 Å². The molecule has 2 aromatic rings. The highest BCUT2D eigenvalue weighted by Crippen LogP contribution is 2.28. The van der Waals surface area contributed by atoms with Crippen LogP contribution < -0.4 is 5.73 Å². The quantitative estimate of drug-likeness (QED) is 0.834. The van der Waals surface area contributed by atoms with E-state index in [-0.39, 0.29) is 11.9 Å². The molecule has 0 heterocycles. The van der Waals surface area contributed by atoms with E-state index in [4.69, 9.17) is 5.73 Å². The first-order valence-electron chi connectivity index (χ1n) is 6.36. The van der Waals surface area contributed by atoms with Gasteiger partial charge in [0.15, 0.2) is 0 Å². The Morgan fingerprint density at radius 2 is 1.84 bits per heavy atom. The van der Waals surface area contributed by atoms with Crippen molar-refractivity contribution in [3.63, 3.8) is 0 Å². The molecule has 0 aromatic heterocycles. The van der Waals surface area contributed by atoms with Gasteiger partial charge in [0, 0.05) is 22.3 Å². The minimum Gasteiger partial charge on any atom is -0.328 e. The Morgan fingerprint density at radius 1 is 1.11 bits per heavy atom. The van der Waals surface area contributed by atoms with Crippen molar-refractivity contribution in [2.75, 3.05) is 0 Å². The molecule has 0 radical (unpaired) electrons. The smallest absolute Gasteiger partial charge is 0.127 e. The summed E-state index contributed by atoms with van der Waals surface area (Å²) in [5.74, 6) is 0.686. The maximum atomic E-state index is 13.9. The molecular formula is C16H18FNS. The van der Waals surface area contributed by atoms with Gasteiger partial charge in [-0.2, -0.15) is 0 Å². The van der Waals surface area contributed by atoms with Crippen molar-refractivity contribution in [3.8, 4) is 0 Å². The molecule has 0 saturated carbocycles. The van der Waals surface area contributed by atoms with Crippen molar-refractivity contribution < 1.29 is 4.39 Å². The van der Waals surface area contributed by atoms with Gasteiger partial charge < -0.3 is 5.73 Å². The molecule has 100 valence electrons. The minimum atomic E-state index is -0.157. The van der Waals surface area contributed by atoms with Gasteiger partial charge in [0.05, 0.1) is 0 Å². The van der Waals surface area contributed by atoms with Gasteiger partial charge in [-0.15, -0.1) is 11.8 Å². The van der Waals surface area contributed by atoms with Gasteiger partial charge in [-0.05, 0) is 31.0 Å². The normalized spacial score (nSPS) is 12.4. The molecule has 0 aliphatic heterocycles. The first-order valence-corrected chi connectivity index (χ1v) is 7.35. The third-order valence-electron chi connectivity index (χ3n) is 2.84. The molecule has 3 heteroatoms. The van der Waals surface area contributed by atoms with Crippen LogP contribution in [0.15, 0.2) is 53.4 Å². The van der Waals surface area contributed by atoms with Crippen LogP contribution >= 0.6 is 11.8 Å². The maximum Gasteiger partial charge on any atom is 0.127 e. The number of halogens is 1. The molecule has 2 aromatic carbocycles. The molecule has 0 amide bonds. The number of thioether (sulfide) groups is 1. The lowest BCUT2D eigenvalue weighted by atomic mass is 10.1. The van der Waals surface area contributed by atoms with E-state index in [0.29, 0.717) is 6.42 Å². The Hall–Kier alpha value is -1.32. The topological polar surface area (TPSA) is 26.0 Å². The zero-order valence-electron chi connectivity index (χ0n) is 11.0. The Kier molecular flexibility index (Phi) is 5.00. The Bertz CT molecular complexity index is 526. The van der Waals surface area contributed by atoms with E-state index in [1.807, 2.05) is 31.2 Å². The molecular weight excluding hydrogens is 257 g/mol. The maximum absolute atomic E-state index is 13.9. The summed E-state index contributed by atoms with van der Waals surface area (Å²) in [5, 5.41) is 0. The SMILES string of the molecule is CC(N)Cc1c(F)cccc1SCc1ccccc1. The summed E-state index contributed by atoms with van der Waals surface area (Å²) in [6.07, 6.45) is 0.573. The molecule has 0 saturated heterocycles. The molecule has 1 nitrogen and oxygen atoms in total. The summed E-state index contributed by atoms with van der Waals surface area (Å²) < 4.78 is 13.9. The Balaban J connectivity index is 2.13. The number of rotatable bonds is 5. The van der Waals surface area contributed by atoms with Crippen LogP contribution in [0.1, 0.15) is 18.1 Å². The molecule has 0 bridgehead atoms. The van der Waals surface area contributed by atoms with E-state index < -0.39 is 0 Å². The number of hydrogen-bond acceptors (Lipinski definition) is 2. The van der Waals surface area contributed by atoms with E-state index >= 15 is 0 Å². The molecule has 0 spiro atoms. The van der Waals surface area contributed by atoms with Crippen LogP contribution in [0.3, 0.4) is 0 Å². The first kappa shape index (κ1) is 14.1. The summed E-state index contributed by atoms with van der Waals surface area (Å²) >= 11 is 1.66. The lowest BCUT2D eigenvalue weighted by Gasteiger charge is -2.12. The first-order chi connectivity index (χ1) is 9.16. The van der Waals surface area contributed by atoms with Gasteiger partial charge in [-0.3, -0.25) is 0 Å². The standard InChI is InChI=1S/C16H18FNS/c1-12(18)10-14-15(17)8-5-9-16(14)19-11-13-6-3-2-4-7-13/h2-9,12H,10-11,18H2,1H3. The average molecular weight is 275 g/mol. The van der Waals surface area contributed by atoms with E-state index in [0.717, 1.165) is 16.2 Å². The van der Waals surface area contributed by atoms with Gasteiger partial charge in [-0.25, -0.2) is 4.39 Å². The lowest BCUT2D eigenvalue weighted by Crippen LogP contribution is -2.19. The fourth-order valence-electron chi connectivity index (χ4n) is 1.93. The summed E-state index contributed by atoms with van der Waals surface area (Å²) in [5.41, 5.74) is 7.77. The summed E-state index contributed by atoms with van der Waals surface area (Å²) in [4.78, 5) is 0.987. The zero-order valence-corrected chi connectivity index (χ0v) is 11.8. The number of nitrogens with two attached hydrogens (primary N) is 1. The number of benzene rings is 2. The van der Waals surface area contributed by atoms with Crippen LogP contribution in [0.25, 0.3) is 0 Å². The van der Waals surface area contributed by atoms with Crippen LogP contribution in [0, 0.1) is 5.82 Å². The fourth-order valence-corrected chi connectivity index (χ4v) is 2.97. The summed E-state index contributed by atoms with van der Waals surface area (Å²) in [7, 11) is 0. The van der Waals surface area contributed by atoms with E-state index in [9.17, 15) is 4.39 Å². The third-order valence-corrected chi connectivity index (χ3v) is 4.01. The second-order valence-electron chi connectivity index (χ2n) is 4.67. The van der Waals surface area contributed by atoms with Gasteiger partial charge in [0.25, 0.3) is 0 Å². The molecule has 1 atom stereocenters. The second-order valence-corrected chi connectivity index (χ2v) is 5.69. The Labute approximate surface area is 118 Å². The van der Waals surface area contributed by atoms with Crippen molar-refractivity contribution in [1.29, 1.82) is 0 Å². The predicted molar refractivity (Wildman–Crippen MR) is 79.8 cm³/mol. The molecule has 19 heavy (non-hydrogen) atoms. The molecule has 2 rings (SSSR count). The van der Waals surface area contributed by atoms with E-state index in [1.54, 1.807) is 17.8 Å². The highest BCUT2D eigenvalue weighted by Gasteiger charge is 2.10. The summed E-state index contributed by atoms with van der Waals surface area (Å²) in [6, 6.07) is 15.4. The van der Waals surface area contributed by atoms with Crippen molar-refractivity contribution in [1.82, 2.24) is 0 Å². The molecule has 1 unspecified atom stereocenters. The third kappa shape index (κ3) is 4.08. The van der Waals surface area contributed by atoms with Gasteiger partial charge in [0.1, 0.15) is 5.82 Å². The molecule has 0 fully saturated rings. The van der Waals surface area contributed by atoms with Gasteiger partial charge in [0.2, 0.25) is 0 Å². The van der Waals surface area contributed by atoms with Gasteiger partial charge >= 0.3 is 0 Å². The second kappa shape index (κ2) is 6.73. The van der Waals surface area contributed by atoms with Crippen molar-refractivity contribution in [3.05, 3.63) is 65.5 Å². The largest absolute Gasteiger partial charge is 0.328 e. The summed E-state index contributed by atoms with van der Waals surface area (Å²) in [6.45, 7) is 1.90. The minimum absolute atomic E-state index is 0.0343.